The first-order valence-electron chi connectivity index (χ1n) is 4.97. The van der Waals surface area contributed by atoms with Crippen LogP contribution < -0.4 is 0 Å². The number of rotatable bonds is 2. The van der Waals surface area contributed by atoms with Gasteiger partial charge in [0.25, 0.3) is 0 Å². The average molecular weight is 247 g/mol. The highest BCUT2D eigenvalue weighted by Gasteiger charge is 2.12. The Morgan fingerprint density at radius 2 is 2.00 bits per heavy atom. The Bertz CT molecular complexity index is 662. The smallest absolute Gasteiger partial charge is 0.250 e. The number of hydrogen-bond donors (Lipinski definition) is 0. The second-order valence-corrected chi connectivity index (χ2v) is 3.63. The predicted molar refractivity (Wildman–Crippen MR) is 62.4 cm³/mol. The fourth-order valence-electron chi connectivity index (χ4n) is 1.58. The Labute approximate surface area is 101 Å². The molecule has 0 fully saturated rings. The minimum Gasteiger partial charge on any atom is -0.419 e. The lowest BCUT2D eigenvalue weighted by molar-refractivity contribution is 0.527. The number of para-hydroxylation sites is 1. The van der Waals surface area contributed by atoms with Crippen molar-refractivity contribution in [3.8, 4) is 11.5 Å². The zero-order valence-corrected chi connectivity index (χ0v) is 9.42. The molecule has 0 saturated heterocycles. The van der Waals surface area contributed by atoms with Crippen molar-refractivity contribution in [2.24, 2.45) is 0 Å². The summed E-state index contributed by atoms with van der Waals surface area (Å²) in [5.74, 6) is 0.998. The average Bonchev–Trinajstić information content (AvgIpc) is 2.87. The Hall–Kier alpha value is -2.01. The minimum atomic E-state index is 0.198. The van der Waals surface area contributed by atoms with Gasteiger partial charge in [-0.05, 0) is 12.1 Å². The number of benzene rings is 1. The molecule has 0 aliphatic rings. The van der Waals surface area contributed by atoms with Gasteiger partial charge in [-0.25, -0.2) is 0 Å². The van der Waals surface area contributed by atoms with Crippen LogP contribution in [0.1, 0.15) is 5.89 Å². The summed E-state index contributed by atoms with van der Waals surface area (Å²) in [4.78, 5) is 8.49. The van der Waals surface area contributed by atoms with Gasteiger partial charge < -0.3 is 4.42 Å². The summed E-state index contributed by atoms with van der Waals surface area (Å²) in [6.07, 6.45) is 3.27. The lowest BCUT2D eigenvalue weighted by Crippen LogP contribution is -1.86. The number of nitrogens with zero attached hydrogens (tertiary/aromatic N) is 4. The number of hydrogen-bond acceptors (Lipinski definition) is 5. The van der Waals surface area contributed by atoms with Gasteiger partial charge in [0.05, 0.1) is 11.1 Å². The van der Waals surface area contributed by atoms with Gasteiger partial charge in [0.15, 0.2) is 0 Å². The summed E-state index contributed by atoms with van der Waals surface area (Å²) < 4.78 is 5.41. The molecule has 3 rings (SSSR count). The zero-order valence-electron chi connectivity index (χ0n) is 8.67. The molecular formula is C11H7ClN4O. The first-order valence-corrected chi connectivity index (χ1v) is 5.50. The summed E-state index contributed by atoms with van der Waals surface area (Å²) in [6.45, 7) is 0. The summed E-state index contributed by atoms with van der Waals surface area (Å²) in [5, 5.41) is 7.76. The molecular weight excluding hydrogens is 240 g/mol. The van der Waals surface area contributed by atoms with Crippen LogP contribution in [0.15, 0.2) is 35.0 Å². The summed E-state index contributed by atoms with van der Waals surface area (Å²) >= 11 is 5.62. The molecule has 0 radical (unpaired) electrons. The van der Waals surface area contributed by atoms with Crippen LogP contribution in [0, 0.1) is 0 Å². The maximum atomic E-state index is 5.62. The van der Waals surface area contributed by atoms with Crippen molar-refractivity contribution < 1.29 is 4.42 Å². The Kier molecular flexibility index (Phi) is 2.45. The van der Waals surface area contributed by atoms with Crippen LogP contribution in [0.25, 0.3) is 22.5 Å². The van der Waals surface area contributed by atoms with Gasteiger partial charge in [0, 0.05) is 12.4 Å². The number of alkyl halides is 1. The van der Waals surface area contributed by atoms with E-state index < -0.39 is 0 Å². The molecule has 0 atom stereocenters. The molecule has 84 valence electrons. The molecule has 5 nitrogen and oxygen atoms in total. The number of fused-ring (bicyclic) bond motifs is 1. The maximum Gasteiger partial charge on any atom is 0.250 e. The van der Waals surface area contributed by atoms with Crippen molar-refractivity contribution in [3.63, 3.8) is 0 Å². The van der Waals surface area contributed by atoms with E-state index in [1.54, 1.807) is 12.4 Å². The van der Waals surface area contributed by atoms with Crippen LogP contribution in [0.3, 0.4) is 0 Å². The summed E-state index contributed by atoms with van der Waals surface area (Å²) in [6, 6.07) is 5.62. The Morgan fingerprint density at radius 3 is 2.82 bits per heavy atom. The third-order valence-electron chi connectivity index (χ3n) is 2.31. The Balaban J connectivity index is 2.23. The standard InChI is InChI=1S/C11H7ClN4O/c12-6-9-15-16-11(17-9)7-2-1-3-8-10(7)14-5-4-13-8/h1-5H,6H2. The van der Waals surface area contributed by atoms with Crippen molar-refractivity contribution >= 4 is 22.6 Å². The lowest BCUT2D eigenvalue weighted by atomic mass is 10.2. The van der Waals surface area contributed by atoms with Gasteiger partial charge >= 0.3 is 0 Å². The first kappa shape index (κ1) is 10.2. The fourth-order valence-corrected chi connectivity index (χ4v) is 1.69. The topological polar surface area (TPSA) is 64.7 Å². The van der Waals surface area contributed by atoms with E-state index in [0.717, 1.165) is 16.6 Å². The van der Waals surface area contributed by atoms with Crippen molar-refractivity contribution in [3.05, 3.63) is 36.5 Å². The molecule has 17 heavy (non-hydrogen) atoms. The molecule has 0 unspecified atom stereocenters. The minimum absolute atomic E-state index is 0.198. The predicted octanol–water partition coefficient (Wildman–Crippen LogP) is 2.42. The third-order valence-corrected chi connectivity index (χ3v) is 2.54. The number of halogens is 1. The molecule has 0 bridgehead atoms. The van der Waals surface area contributed by atoms with E-state index in [4.69, 9.17) is 16.0 Å². The van der Waals surface area contributed by atoms with Crippen molar-refractivity contribution in [1.29, 1.82) is 0 Å². The summed E-state index contributed by atoms with van der Waals surface area (Å²) in [7, 11) is 0. The van der Waals surface area contributed by atoms with Crippen LogP contribution in [0.2, 0.25) is 0 Å². The third kappa shape index (κ3) is 1.74. The van der Waals surface area contributed by atoms with E-state index in [0.29, 0.717) is 11.8 Å². The molecule has 0 spiro atoms. The summed E-state index contributed by atoms with van der Waals surface area (Å²) in [5.41, 5.74) is 2.29. The molecule has 0 aliphatic carbocycles. The van der Waals surface area contributed by atoms with Crippen LogP contribution in [0.5, 0.6) is 0 Å². The largest absolute Gasteiger partial charge is 0.419 e. The van der Waals surface area contributed by atoms with Crippen LogP contribution >= 0.6 is 11.6 Å². The van der Waals surface area contributed by atoms with E-state index in [2.05, 4.69) is 20.2 Å². The molecule has 0 saturated carbocycles. The van der Waals surface area contributed by atoms with Crippen LogP contribution in [-0.2, 0) is 5.88 Å². The SMILES string of the molecule is ClCc1nnc(-c2cccc3nccnc23)o1. The molecule has 0 aliphatic heterocycles. The molecule has 0 amide bonds. The van der Waals surface area contributed by atoms with Gasteiger partial charge in [-0.15, -0.1) is 21.8 Å². The van der Waals surface area contributed by atoms with Gasteiger partial charge in [0.2, 0.25) is 11.8 Å². The molecule has 2 heterocycles. The number of aromatic nitrogens is 4. The van der Waals surface area contributed by atoms with E-state index >= 15 is 0 Å². The fraction of sp³-hybridized carbons (Fsp3) is 0.0909. The molecule has 2 aromatic heterocycles. The van der Waals surface area contributed by atoms with Gasteiger partial charge in [-0.3, -0.25) is 9.97 Å². The van der Waals surface area contributed by atoms with Gasteiger partial charge in [-0.2, -0.15) is 0 Å². The first-order chi connectivity index (χ1) is 8.38. The highest BCUT2D eigenvalue weighted by Crippen LogP contribution is 2.24. The highest BCUT2D eigenvalue weighted by atomic mass is 35.5. The molecule has 1 aromatic carbocycles. The molecule has 6 heteroatoms. The van der Waals surface area contributed by atoms with E-state index in [1.807, 2.05) is 18.2 Å². The van der Waals surface area contributed by atoms with Crippen molar-refractivity contribution in [2.75, 3.05) is 0 Å². The van der Waals surface area contributed by atoms with E-state index in [9.17, 15) is 0 Å². The van der Waals surface area contributed by atoms with Gasteiger partial charge in [0.1, 0.15) is 11.4 Å². The molecule has 0 N–H and O–H groups in total. The second-order valence-electron chi connectivity index (χ2n) is 3.36. The lowest BCUT2D eigenvalue weighted by Gasteiger charge is -1.99. The zero-order chi connectivity index (χ0) is 11.7. The Morgan fingerprint density at radius 1 is 1.12 bits per heavy atom. The normalized spacial score (nSPS) is 10.9. The van der Waals surface area contributed by atoms with Crippen molar-refractivity contribution in [1.82, 2.24) is 20.2 Å². The highest BCUT2D eigenvalue weighted by molar-refractivity contribution is 6.16. The maximum absolute atomic E-state index is 5.62. The quantitative estimate of drug-likeness (QED) is 0.650. The van der Waals surface area contributed by atoms with E-state index in [-0.39, 0.29) is 5.88 Å². The van der Waals surface area contributed by atoms with E-state index in [1.165, 1.54) is 0 Å². The van der Waals surface area contributed by atoms with Crippen LogP contribution in [-0.4, -0.2) is 20.2 Å². The monoisotopic (exact) mass is 246 g/mol. The second kappa shape index (κ2) is 4.10. The molecule has 3 aromatic rings. The van der Waals surface area contributed by atoms with Crippen LogP contribution in [0.4, 0.5) is 0 Å². The van der Waals surface area contributed by atoms with Crippen molar-refractivity contribution in [2.45, 2.75) is 5.88 Å². The van der Waals surface area contributed by atoms with Gasteiger partial charge in [-0.1, -0.05) is 6.07 Å².